The monoisotopic (exact) mass is 463 g/mol. The zero-order valence-electron chi connectivity index (χ0n) is 20.9. The van der Waals surface area contributed by atoms with Gasteiger partial charge in [-0.2, -0.15) is 0 Å². The van der Waals surface area contributed by atoms with Gasteiger partial charge in [0.15, 0.2) is 0 Å². The number of ether oxygens (including phenoxy) is 1. The first-order valence-electron chi connectivity index (χ1n) is 13.4. The molecule has 0 aliphatic carbocycles. The van der Waals surface area contributed by atoms with E-state index in [2.05, 4.69) is 6.92 Å². The highest BCUT2D eigenvalue weighted by molar-refractivity contribution is 5.81. The van der Waals surface area contributed by atoms with Crippen molar-refractivity contribution in [3.8, 4) is 0 Å². The predicted molar refractivity (Wildman–Crippen MR) is 129 cm³/mol. The number of nitrogens with zero attached hydrogens (tertiary/aromatic N) is 3. The third kappa shape index (κ3) is 7.43. The van der Waals surface area contributed by atoms with Gasteiger partial charge in [0.25, 0.3) is 0 Å². The number of rotatable bonds is 10. The number of hydrogen-bond acceptors (Lipinski definition) is 4. The Labute approximate surface area is 200 Å². The molecule has 3 rings (SSSR count). The van der Waals surface area contributed by atoms with Crippen molar-refractivity contribution in [2.24, 2.45) is 17.8 Å². The van der Waals surface area contributed by atoms with Gasteiger partial charge in [0.05, 0.1) is 13.2 Å². The molecular formula is C26H45N3O4. The lowest BCUT2D eigenvalue weighted by atomic mass is 9.87. The maximum Gasteiger partial charge on any atom is 0.225 e. The second-order valence-corrected chi connectivity index (χ2v) is 10.2. The van der Waals surface area contributed by atoms with E-state index in [9.17, 15) is 14.4 Å². The fourth-order valence-electron chi connectivity index (χ4n) is 5.53. The molecule has 3 aliphatic heterocycles. The van der Waals surface area contributed by atoms with E-state index in [4.69, 9.17) is 4.74 Å². The topological polar surface area (TPSA) is 70.2 Å². The Morgan fingerprint density at radius 1 is 0.636 bits per heavy atom. The van der Waals surface area contributed by atoms with Crippen LogP contribution in [0.25, 0.3) is 0 Å². The molecule has 0 spiro atoms. The number of hydrogen-bond donors (Lipinski definition) is 0. The lowest BCUT2D eigenvalue weighted by Gasteiger charge is -2.33. The third-order valence-electron chi connectivity index (χ3n) is 7.83. The van der Waals surface area contributed by atoms with Crippen LogP contribution in [0.3, 0.4) is 0 Å². The third-order valence-corrected chi connectivity index (χ3v) is 7.83. The van der Waals surface area contributed by atoms with Crippen LogP contribution in [0.2, 0.25) is 0 Å². The summed E-state index contributed by atoms with van der Waals surface area (Å²) in [6, 6.07) is 0. The second kappa shape index (κ2) is 13.3. The van der Waals surface area contributed by atoms with Gasteiger partial charge in [0.2, 0.25) is 17.7 Å². The van der Waals surface area contributed by atoms with Crippen LogP contribution in [0.4, 0.5) is 0 Å². The number of amides is 3. The molecule has 188 valence electrons. The van der Waals surface area contributed by atoms with Crippen LogP contribution < -0.4 is 0 Å². The summed E-state index contributed by atoms with van der Waals surface area (Å²) in [4.78, 5) is 45.2. The SMILES string of the molecule is CCC(CCC(CCC(C)C(=O)N1CCCC1)C(=O)N1CCCCC1)C(=O)N1CCOCC1. The van der Waals surface area contributed by atoms with Crippen LogP contribution in [0.1, 0.15) is 78.1 Å². The van der Waals surface area contributed by atoms with Crippen molar-refractivity contribution in [2.75, 3.05) is 52.5 Å². The van der Waals surface area contributed by atoms with E-state index >= 15 is 0 Å². The highest BCUT2D eigenvalue weighted by Crippen LogP contribution is 2.27. The van der Waals surface area contributed by atoms with E-state index in [0.29, 0.717) is 26.3 Å². The van der Waals surface area contributed by atoms with Gasteiger partial charge in [0.1, 0.15) is 0 Å². The Morgan fingerprint density at radius 3 is 1.70 bits per heavy atom. The van der Waals surface area contributed by atoms with Gasteiger partial charge in [-0.1, -0.05) is 13.8 Å². The van der Waals surface area contributed by atoms with Crippen LogP contribution in [0.15, 0.2) is 0 Å². The number of piperidine rings is 1. The minimum Gasteiger partial charge on any atom is -0.378 e. The van der Waals surface area contributed by atoms with Gasteiger partial charge in [-0.3, -0.25) is 14.4 Å². The van der Waals surface area contributed by atoms with Crippen LogP contribution in [0, 0.1) is 17.8 Å². The van der Waals surface area contributed by atoms with E-state index in [1.807, 2.05) is 21.6 Å². The van der Waals surface area contributed by atoms with Crippen molar-refractivity contribution < 1.29 is 19.1 Å². The summed E-state index contributed by atoms with van der Waals surface area (Å²) in [7, 11) is 0. The van der Waals surface area contributed by atoms with Crippen molar-refractivity contribution in [1.29, 1.82) is 0 Å². The molecule has 3 atom stereocenters. The minimum atomic E-state index is -0.0940. The first kappa shape index (κ1) is 26.0. The summed E-state index contributed by atoms with van der Waals surface area (Å²) in [5.41, 5.74) is 0. The lowest BCUT2D eigenvalue weighted by molar-refractivity contribution is -0.141. The number of carbonyl (C=O) groups excluding carboxylic acids is 3. The highest BCUT2D eigenvalue weighted by Gasteiger charge is 2.31. The Bertz CT molecular complexity index is 637. The molecule has 33 heavy (non-hydrogen) atoms. The van der Waals surface area contributed by atoms with Crippen molar-refractivity contribution in [1.82, 2.24) is 14.7 Å². The van der Waals surface area contributed by atoms with Crippen LogP contribution in [-0.4, -0.2) is 84.9 Å². The summed E-state index contributed by atoms with van der Waals surface area (Å²) in [6.45, 7) is 10.1. The van der Waals surface area contributed by atoms with Crippen molar-refractivity contribution >= 4 is 17.7 Å². The van der Waals surface area contributed by atoms with Gasteiger partial charge < -0.3 is 19.4 Å². The van der Waals surface area contributed by atoms with Crippen molar-refractivity contribution in [3.63, 3.8) is 0 Å². The summed E-state index contributed by atoms with van der Waals surface area (Å²) in [5.74, 6) is 0.515. The Hall–Kier alpha value is -1.63. The molecule has 0 aromatic carbocycles. The maximum absolute atomic E-state index is 13.4. The number of morpholine rings is 1. The molecule has 3 aliphatic rings. The molecule has 0 saturated carbocycles. The molecule has 3 fully saturated rings. The van der Waals surface area contributed by atoms with Crippen molar-refractivity contribution in [2.45, 2.75) is 78.1 Å². The summed E-state index contributed by atoms with van der Waals surface area (Å²) >= 11 is 0. The zero-order valence-corrected chi connectivity index (χ0v) is 20.9. The molecule has 0 N–H and O–H groups in total. The zero-order chi connectivity index (χ0) is 23.6. The number of likely N-dealkylation sites (tertiary alicyclic amines) is 2. The van der Waals surface area contributed by atoms with E-state index < -0.39 is 0 Å². The van der Waals surface area contributed by atoms with Gasteiger partial charge >= 0.3 is 0 Å². The molecule has 0 aromatic rings. The van der Waals surface area contributed by atoms with Gasteiger partial charge in [-0.15, -0.1) is 0 Å². The second-order valence-electron chi connectivity index (χ2n) is 10.2. The van der Waals surface area contributed by atoms with Crippen LogP contribution in [0.5, 0.6) is 0 Å². The van der Waals surface area contributed by atoms with E-state index in [0.717, 1.165) is 84.0 Å². The first-order valence-corrected chi connectivity index (χ1v) is 13.4. The molecule has 3 unspecified atom stereocenters. The van der Waals surface area contributed by atoms with Crippen LogP contribution >= 0.6 is 0 Å². The normalized spacial score (nSPS) is 22.2. The largest absolute Gasteiger partial charge is 0.378 e. The molecular weight excluding hydrogens is 418 g/mol. The summed E-state index contributed by atoms with van der Waals surface area (Å²) in [5, 5.41) is 0. The Balaban J connectivity index is 1.58. The van der Waals surface area contributed by atoms with Gasteiger partial charge in [-0.25, -0.2) is 0 Å². The maximum atomic E-state index is 13.4. The molecule has 3 heterocycles. The first-order chi connectivity index (χ1) is 16.0. The molecule has 0 aromatic heterocycles. The molecule has 3 amide bonds. The van der Waals surface area contributed by atoms with E-state index in [-0.39, 0.29) is 35.5 Å². The van der Waals surface area contributed by atoms with E-state index in [1.54, 1.807) is 0 Å². The Kier molecular flexibility index (Phi) is 10.5. The van der Waals surface area contributed by atoms with E-state index in [1.165, 1.54) is 6.42 Å². The standard InChI is InChI=1S/C26H45N3O4/c1-3-22(25(31)29-17-19-33-20-18-29)11-12-23(26(32)28-13-5-4-6-14-28)10-9-21(2)24(30)27-15-7-8-16-27/h21-23H,3-20H2,1-2H3. The molecule has 7 heteroatoms. The van der Waals surface area contributed by atoms with Gasteiger partial charge in [-0.05, 0) is 64.2 Å². The smallest absolute Gasteiger partial charge is 0.225 e. The minimum absolute atomic E-state index is 0.0385. The fraction of sp³-hybridized carbons (Fsp3) is 0.885. The predicted octanol–water partition coefficient (Wildman–Crippen LogP) is 3.32. The average molecular weight is 464 g/mol. The fourth-order valence-corrected chi connectivity index (χ4v) is 5.53. The molecule has 0 radical (unpaired) electrons. The van der Waals surface area contributed by atoms with Crippen molar-refractivity contribution in [3.05, 3.63) is 0 Å². The lowest BCUT2D eigenvalue weighted by Crippen LogP contribution is -2.44. The molecule has 7 nitrogen and oxygen atoms in total. The summed E-state index contributed by atoms with van der Waals surface area (Å²) in [6.07, 6.45) is 9.30. The van der Waals surface area contributed by atoms with Gasteiger partial charge in [0, 0.05) is 57.0 Å². The highest BCUT2D eigenvalue weighted by atomic mass is 16.5. The quantitative estimate of drug-likeness (QED) is 0.498. The average Bonchev–Trinajstić information content (AvgIpc) is 3.41. The molecule has 0 bridgehead atoms. The number of carbonyl (C=O) groups is 3. The Morgan fingerprint density at radius 2 is 1.09 bits per heavy atom. The van der Waals surface area contributed by atoms with Crippen LogP contribution in [-0.2, 0) is 19.1 Å². The summed E-state index contributed by atoms with van der Waals surface area (Å²) < 4.78 is 5.40. The molecule has 3 saturated heterocycles.